The van der Waals surface area contributed by atoms with Gasteiger partial charge in [-0.2, -0.15) is 5.26 Å². The molecular formula is C14H12N4O3. The van der Waals surface area contributed by atoms with Crippen LogP contribution >= 0.6 is 0 Å². The predicted molar refractivity (Wildman–Crippen MR) is 75.9 cm³/mol. The highest BCUT2D eigenvalue weighted by molar-refractivity contribution is 5.50. The molecule has 0 aliphatic rings. The number of pyridine rings is 1. The van der Waals surface area contributed by atoms with Crippen molar-refractivity contribution in [1.29, 1.82) is 5.26 Å². The Morgan fingerprint density at radius 3 is 2.90 bits per heavy atom. The summed E-state index contributed by atoms with van der Waals surface area (Å²) >= 11 is 0. The molecular weight excluding hydrogens is 272 g/mol. The summed E-state index contributed by atoms with van der Waals surface area (Å²) in [5.41, 5.74) is 0.452. The Labute approximate surface area is 121 Å². The van der Waals surface area contributed by atoms with Gasteiger partial charge in [0.15, 0.2) is 0 Å². The van der Waals surface area contributed by atoms with Gasteiger partial charge in [0.1, 0.15) is 17.6 Å². The van der Waals surface area contributed by atoms with Crippen LogP contribution < -0.4 is 10.1 Å². The maximum absolute atomic E-state index is 10.7. The van der Waals surface area contributed by atoms with E-state index < -0.39 is 4.92 Å². The number of nitrogens with one attached hydrogen (secondary N) is 1. The van der Waals surface area contributed by atoms with E-state index in [0.29, 0.717) is 12.4 Å². The van der Waals surface area contributed by atoms with Crippen molar-refractivity contribution in [1.82, 2.24) is 4.98 Å². The molecule has 0 unspecified atom stereocenters. The van der Waals surface area contributed by atoms with Crippen molar-refractivity contribution in [2.24, 2.45) is 0 Å². The summed E-state index contributed by atoms with van der Waals surface area (Å²) in [6.45, 7) is 0.465. The van der Waals surface area contributed by atoms with Crippen molar-refractivity contribution < 1.29 is 9.66 Å². The SMILES string of the molecule is COc1cccc(CNc2ccc([N+](=O)[O-])c(C#N)n2)c1. The number of aromatic nitrogens is 1. The molecule has 0 atom stereocenters. The lowest BCUT2D eigenvalue weighted by atomic mass is 10.2. The van der Waals surface area contributed by atoms with Gasteiger partial charge >= 0.3 is 5.69 Å². The first-order valence-corrected chi connectivity index (χ1v) is 6.06. The fourth-order valence-electron chi connectivity index (χ4n) is 1.75. The Bertz CT molecular complexity index is 710. The van der Waals surface area contributed by atoms with E-state index in [0.717, 1.165) is 11.3 Å². The monoisotopic (exact) mass is 284 g/mol. The van der Waals surface area contributed by atoms with Crippen molar-refractivity contribution in [2.45, 2.75) is 6.54 Å². The average molecular weight is 284 g/mol. The van der Waals surface area contributed by atoms with Gasteiger partial charge < -0.3 is 10.1 Å². The van der Waals surface area contributed by atoms with Gasteiger partial charge in [0.05, 0.1) is 12.0 Å². The smallest absolute Gasteiger partial charge is 0.305 e. The molecule has 0 aliphatic carbocycles. The minimum Gasteiger partial charge on any atom is -0.497 e. The first-order valence-electron chi connectivity index (χ1n) is 6.06. The molecule has 7 heteroatoms. The largest absolute Gasteiger partial charge is 0.497 e. The van der Waals surface area contributed by atoms with E-state index in [-0.39, 0.29) is 11.4 Å². The highest BCUT2D eigenvalue weighted by Crippen LogP contribution is 2.19. The number of nitro groups is 1. The van der Waals surface area contributed by atoms with Crippen molar-refractivity contribution in [3.8, 4) is 11.8 Å². The zero-order valence-corrected chi connectivity index (χ0v) is 11.2. The van der Waals surface area contributed by atoms with Gasteiger partial charge in [-0.25, -0.2) is 4.98 Å². The summed E-state index contributed by atoms with van der Waals surface area (Å²) in [5, 5.41) is 22.6. The van der Waals surface area contributed by atoms with E-state index in [1.807, 2.05) is 24.3 Å². The number of nitriles is 1. The molecule has 1 N–H and O–H groups in total. The first kappa shape index (κ1) is 14.3. The van der Waals surface area contributed by atoms with Gasteiger partial charge in [-0.1, -0.05) is 12.1 Å². The van der Waals surface area contributed by atoms with Crippen molar-refractivity contribution in [2.75, 3.05) is 12.4 Å². The second-order valence-electron chi connectivity index (χ2n) is 4.14. The molecule has 2 rings (SSSR count). The number of benzene rings is 1. The highest BCUT2D eigenvalue weighted by atomic mass is 16.6. The summed E-state index contributed by atoms with van der Waals surface area (Å²) in [7, 11) is 1.59. The lowest BCUT2D eigenvalue weighted by molar-refractivity contribution is -0.385. The molecule has 0 aliphatic heterocycles. The van der Waals surface area contributed by atoms with Crippen LogP contribution in [0.25, 0.3) is 0 Å². The summed E-state index contributed by atoms with van der Waals surface area (Å²) in [5.74, 6) is 1.14. The minimum absolute atomic E-state index is 0.212. The van der Waals surface area contributed by atoms with Crippen molar-refractivity contribution in [3.05, 3.63) is 57.8 Å². The zero-order valence-electron chi connectivity index (χ0n) is 11.2. The van der Waals surface area contributed by atoms with Gasteiger partial charge in [0.2, 0.25) is 5.69 Å². The van der Waals surface area contributed by atoms with Gasteiger partial charge in [0, 0.05) is 12.6 Å². The predicted octanol–water partition coefficient (Wildman–Crippen LogP) is 2.48. The molecule has 0 radical (unpaired) electrons. The van der Waals surface area contributed by atoms with E-state index >= 15 is 0 Å². The van der Waals surface area contributed by atoms with Gasteiger partial charge in [-0.15, -0.1) is 0 Å². The molecule has 1 aromatic carbocycles. The van der Waals surface area contributed by atoms with Crippen molar-refractivity contribution in [3.63, 3.8) is 0 Å². The van der Waals surface area contributed by atoms with Crippen LogP contribution in [-0.2, 0) is 6.54 Å². The van der Waals surface area contributed by atoms with Crippen LogP contribution in [0.2, 0.25) is 0 Å². The third-order valence-corrected chi connectivity index (χ3v) is 2.78. The molecule has 0 bridgehead atoms. The second kappa shape index (κ2) is 6.34. The molecule has 0 saturated heterocycles. The minimum atomic E-state index is -0.628. The molecule has 0 saturated carbocycles. The van der Waals surface area contributed by atoms with E-state index in [1.54, 1.807) is 13.2 Å². The normalized spacial score (nSPS) is 9.71. The third kappa shape index (κ3) is 3.45. The lowest BCUT2D eigenvalue weighted by Crippen LogP contribution is -2.04. The van der Waals surface area contributed by atoms with E-state index in [1.165, 1.54) is 12.1 Å². The van der Waals surface area contributed by atoms with Crippen LogP contribution in [-0.4, -0.2) is 17.0 Å². The highest BCUT2D eigenvalue weighted by Gasteiger charge is 2.15. The molecule has 0 fully saturated rings. The number of rotatable bonds is 5. The number of hydrogen-bond donors (Lipinski definition) is 1. The fourth-order valence-corrected chi connectivity index (χ4v) is 1.75. The Morgan fingerprint density at radius 2 is 2.24 bits per heavy atom. The second-order valence-corrected chi connectivity index (χ2v) is 4.14. The van der Waals surface area contributed by atoms with Gasteiger partial charge in [-0.3, -0.25) is 10.1 Å². The number of ether oxygens (including phenoxy) is 1. The van der Waals surface area contributed by atoms with Crippen LogP contribution in [0.1, 0.15) is 11.3 Å². The van der Waals surface area contributed by atoms with Gasteiger partial charge in [-0.05, 0) is 23.8 Å². The molecule has 106 valence electrons. The van der Waals surface area contributed by atoms with Crippen LogP contribution in [0.3, 0.4) is 0 Å². The molecule has 1 aromatic heterocycles. The Kier molecular flexibility index (Phi) is 4.31. The molecule has 1 heterocycles. The van der Waals surface area contributed by atoms with Crippen LogP contribution in [0.4, 0.5) is 11.5 Å². The van der Waals surface area contributed by atoms with Gasteiger partial charge in [0.25, 0.3) is 0 Å². The van der Waals surface area contributed by atoms with E-state index in [2.05, 4.69) is 10.3 Å². The van der Waals surface area contributed by atoms with Crippen LogP contribution in [0, 0.1) is 21.4 Å². The molecule has 2 aromatic rings. The quantitative estimate of drug-likeness (QED) is 0.668. The van der Waals surface area contributed by atoms with E-state index in [9.17, 15) is 10.1 Å². The average Bonchev–Trinajstić information content (AvgIpc) is 2.52. The maximum atomic E-state index is 10.7. The van der Waals surface area contributed by atoms with Crippen LogP contribution in [0.5, 0.6) is 5.75 Å². The summed E-state index contributed by atoms with van der Waals surface area (Å²) in [6, 6.07) is 11.9. The fraction of sp³-hybridized carbons (Fsp3) is 0.143. The zero-order chi connectivity index (χ0) is 15.2. The Balaban J connectivity index is 2.13. The lowest BCUT2D eigenvalue weighted by Gasteiger charge is -2.07. The topological polar surface area (TPSA) is 101 Å². The molecule has 0 spiro atoms. The summed E-state index contributed by atoms with van der Waals surface area (Å²) in [4.78, 5) is 14.0. The number of nitrogens with zero attached hydrogens (tertiary/aromatic N) is 3. The summed E-state index contributed by atoms with van der Waals surface area (Å²) < 4.78 is 5.12. The molecule has 7 nitrogen and oxygen atoms in total. The third-order valence-electron chi connectivity index (χ3n) is 2.78. The first-order chi connectivity index (χ1) is 10.1. The number of anilines is 1. The Morgan fingerprint density at radius 1 is 1.43 bits per heavy atom. The van der Waals surface area contributed by atoms with Crippen molar-refractivity contribution >= 4 is 11.5 Å². The standard InChI is InChI=1S/C14H12N4O3/c1-21-11-4-2-3-10(7-11)9-16-14-6-5-13(18(19)20)12(8-15)17-14/h2-7H,9H2,1H3,(H,16,17). The summed E-state index contributed by atoms with van der Waals surface area (Å²) in [6.07, 6.45) is 0. The molecule has 21 heavy (non-hydrogen) atoms. The maximum Gasteiger partial charge on any atom is 0.305 e. The van der Waals surface area contributed by atoms with E-state index in [4.69, 9.17) is 10.00 Å². The molecule has 0 amide bonds. The van der Waals surface area contributed by atoms with Crippen LogP contribution in [0.15, 0.2) is 36.4 Å². The number of methoxy groups -OCH3 is 1. The Hall–Kier alpha value is -3.14. The number of hydrogen-bond acceptors (Lipinski definition) is 6.